The normalized spacial score (nSPS) is 16.4. The summed E-state index contributed by atoms with van der Waals surface area (Å²) in [6.45, 7) is 9.94. The molecule has 1 aromatic heterocycles. The Labute approximate surface area is 291 Å². The minimum absolute atomic E-state index is 0.00400. The van der Waals surface area contributed by atoms with Gasteiger partial charge in [0, 0.05) is 55.3 Å². The molecule has 0 bridgehead atoms. The molecule has 0 aliphatic carbocycles. The third-order valence-electron chi connectivity index (χ3n) is 7.31. The van der Waals surface area contributed by atoms with Crippen LogP contribution in [-0.2, 0) is 19.1 Å². The lowest BCUT2D eigenvalue weighted by Gasteiger charge is -2.26. The molecule has 5 rings (SSSR count). The van der Waals surface area contributed by atoms with E-state index in [0.717, 1.165) is 53.4 Å². The number of thiocarbonyl (C=S) groups is 1. The molecule has 0 radical (unpaired) electrons. The average molecular weight is 715 g/mol. The molecule has 14 heteroatoms. The first-order chi connectivity index (χ1) is 22.9. The lowest BCUT2D eigenvalue weighted by molar-refractivity contribution is -0.122. The molecule has 48 heavy (non-hydrogen) atoms. The zero-order chi connectivity index (χ0) is 34.4. The first kappa shape index (κ1) is 35.6. The third kappa shape index (κ3) is 9.47. The maximum absolute atomic E-state index is 14.2. The number of hydrogen-bond donors (Lipinski definition) is 2. The Morgan fingerprint density at radius 3 is 2.46 bits per heavy atom. The summed E-state index contributed by atoms with van der Waals surface area (Å²) in [6, 6.07) is 12.0. The molecule has 0 spiro atoms. The van der Waals surface area contributed by atoms with Crippen LogP contribution in [0.3, 0.4) is 0 Å². The first-order valence-corrected chi connectivity index (χ1v) is 17.4. The molecule has 2 saturated heterocycles. The minimum Gasteiger partial charge on any atom is -0.456 e. The van der Waals surface area contributed by atoms with E-state index in [2.05, 4.69) is 15.5 Å². The van der Waals surface area contributed by atoms with Gasteiger partial charge in [0.1, 0.15) is 9.92 Å². The number of halogens is 2. The fraction of sp³-hybridized carbons (Fsp3) is 0.353. The van der Waals surface area contributed by atoms with E-state index in [9.17, 15) is 23.2 Å². The van der Waals surface area contributed by atoms with Gasteiger partial charge in [-0.3, -0.25) is 19.4 Å². The van der Waals surface area contributed by atoms with Gasteiger partial charge in [-0.2, -0.15) is 0 Å². The number of nitrogens with one attached hydrogen (secondary N) is 2. The van der Waals surface area contributed by atoms with Crippen molar-refractivity contribution in [1.82, 2.24) is 9.80 Å². The van der Waals surface area contributed by atoms with Gasteiger partial charge in [-0.1, -0.05) is 30.0 Å². The number of nitrogens with zero attached hydrogens (tertiary/aromatic N) is 2. The number of esters is 1. The summed E-state index contributed by atoms with van der Waals surface area (Å²) in [4.78, 5) is 43.1. The fourth-order valence-corrected chi connectivity index (χ4v) is 7.35. The number of amides is 2. The van der Waals surface area contributed by atoms with Gasteiger partial charge in [-0.15, -0.1) is 11.3 Å². The molecule has 3 aromatic rings. The monoisotopic (exact) mass is 714 g/mol. The molecule has 9 nitrogen and oxygen atoms in total. The first-order valence-electron chi connectivity index (χ1n) is 15.4. The summed E-state index contributed by atoms with van der Waals surface area (Å²) in [6.07, 6.45) is 1.73. The van der Waals surface area contributed by atoms with E-state index in [1.807, 2.05) is 6.07 Å². The van der Waals surface area contributed by atoms with Gasteiger partial charge >= 0.3 is 5.97 Å². The topological polar surface area (TPSA) is 100 Å². The number of carbonyl (C=O) groups excluding carboxylic acids is 3. The van der Waals surface area contributed by atoms with Crippen molar-refractivity contribution < 1.29 is 32.6 Å². The number of morpholine rings is 1. The molecule has 254 valence electrons. The molecular weight excluding hydrogens is 679 g/mol. The summed E-state index contributed by atoms with van der Waals surface area (Å²) in [7, 11) is 0. The van der Waals surface area contributed by atoms with Crippen molar-refractivity contribution in [2.75, 3.05) is 56.6 Å². The maximum Gasteiger partial charge on any atom is 0.338 e. The Hall–Kier alpha value is -3.69. The van der Waals surface area contributed by atoms with Crippen LogP contribution in [0.4, 0.5) is 19.5 Å². The quantitative estimate of drug-likeness (QED) is 0.129. The van der Waals surface area contributed by atoms with E-state index in [4.69, 9.17) is 21.7 Å². The van der Waals surface area contributed by atoms with Crippen molar-refractivity contribution in [2.45, 2.75) is 32.8 Å². The van der Waals surface area contributed by atoms with Crippen LogP contribution < -0.4 is 10.6 Å². The van der Waals surface area contributed by atoms with Crippen LogP contribution in [0, 0.1) is 11.6 Å². The third-order valence-corrected chi connectivity index (χ3v) is 9.73. The van der Waals surface area contributed by atoms with Gasteiger partial charge in [-0.25, -0.2) is 13.6 Å². The van der Waals surface area contributed by atoms with Gasteiger partial charge in [0.15, 0.2) is 11.6 Å². The highest BCUT2D eigenvalue weighted by Gasteiger charge is 2.32. The Balaban J connectivity index is 1.22. The average Bonchev–Trinajstić information content (AvgIpc) is 3.56. The largest absolute Gasteiger partial charge is 0.456 e. The minimum atomic E-state index is -0.942. The van der Waals surface area contributed by atoms with Gasteiger partial charge in [-0.05, 0) is 74.9 Å². The van der Waals surface area contributed by atoms with E-state index >= 15 is 0 Å². The zero-order valence-electron chi connectivity index (χ0n) is 26.8. The number of hydrogen-bond acceptors (Lipinski definition) is 10. The van der Waals surface area contributed by atoms with Crippen molar-refractivity contribution in [2.24, 2.45) is 0 Å². The van der Waals surface area contributed by atoms with Crippen molar-refractivity contribution in [1.29, 1.82) is 0 Å². The predicted octanol–water partition coefficient (Wildman–Crippen LogP) is 6.62. The lowest BCUT2D eigenvalue weighted by atomic mass is 10.1. The second-order valence-electron chi connectivity index (χ2n) is 12.1. The summed E-state index contributed by atoms with van der Waals surface area (Å²) >= 11 is 8.02. The van der Waals surface area contributed by atoms with Crippen LogP contribution in [0.25, 0.3) is 17.2 Å². The molecule has 2 N–H and O–H groups in total. The highest BCUT2D eigenvalue weighted by atomic mass is 32.2. The second-order valence-corrected chi connectivity index (χ2v) is 14.9. The number of thiophene rings is 1. The predicted molar refractivity (Wildman–Crippen MR) is 190 cm³/mol. The molecule has 0 saturated carbocycles. The Morgan fingerprint density at radius 1 is 1.04 bits per heavy atom. The van der Waals surface area contributed by atoms with Gasteiger partial charge in [0.05, 0.1) is 28.7 Å². The van der Waals surface area contributed by atoms with Crippen LogP contribution in [0.5, 0.6) is 0 Å². The van der Waals surface area contributed by atoms with Crippen molar-refractivity contribution in [3.8, 4) is 11.1 Å². The SMILES string of the molecule is CC(C)(C)OC(=O)c1ccc(NC(=O)CCN2C(=O)/C(=C/c3cc(-c4ccc(F)c(F)c4)c(NCCN4CCOCC4)s3)SC2=S)cc1. The summed E-state index contributed by atoms with van der Waals surface area (Å²) < 4.78 is 39.0. The molecule has 2 aliphatic heterocycles. The second kappa shape index (κ2) is 15.7. The smallest absolute Gasteiger partial charge is 0.338 e. The number of thioether (sulfide) groups is 1. The molecule has 0 atom stereocenters. The van der Waals surface area contributed by atoms with E-state index in [1.165, 1.54) is 22.3 Å². The Kier molecular flexibility index (Phi) is 11.6. The highest BCUT2D eigenvalue weighted by Crippen LogP contribution is 2.40. The Morgan fingerprint density at radius 2 is 1.77 bits per heavy atom. The van der Waals surface area contributed by atoms with Crippen LogP contribution in [0.2, 0.25) is 0 Å². The molecule has 2 fully saturated rings. The van der Waals surface area contributed by atoms with E-state index < -0.39 is 23.2 Å². The van der Waals surface area contributed by atoms with E-state index in [1.54, 1.807) is 51.1 Å². The zero-order valence-corrected chi connectivity index (χ0v) is 29.2. The fourth-order valence-electron chi connectivity index (χ4n) is 4.93. The standard InChI is InChI=1S/C34H36F2N4O5S3/c1-34(2,3)45-32(43)21-4-7-23(8-5-21)38-29(41)10-12-40-31(42)28(48-33(40)46)20-24-19-25(22-6-9-26(35)27(36)18-22)30(47-24)37-11-13-39-14-16-44-17-15-39/h4-9,18-20,37H,10-17H2,1-3H3,(H,38,41)/b28-20-. The van der Waals surface area contributed by atoms with E-state index in [0.29, 0.717) is 51.4 Å². The maximum atomic E-state index is 14.2. The van der Waals surface area contributed by atoms with Gasteiger partial charge in [0.2, 0.25) is 5.91 Å². The van der Waals surface area contributed by atoms with Crippen molar-refractivity contribution >= 4 is 74.2 Å². The summed E-state index contributed by atoms with van der Waals surface area (Å²) in [5.74, 6) is -2.96. The highest BCUT2D eigenvalue weighted by molar-refractivity contribution is 8.26. The molecule has 2 amide bonds. The van der Waals surface area contributed by atoms with Crippen LogP contribution in [0.15, 0.2) is 53.4 Å². The molecule has 3 heterocycles. The van der Waals surface area contributed by atoms with E-state index in [-0.39, 0.29) is 24.8 Å². The summed E-state index contributed by atoms with van der Waals surface area (Å²) in [5, 5.41) is 6.97. The molecule has 2 aliphatic rings. The lowest BCUT2D eigenvalue weighted by Crippen LogP contribution is -2.38. The molecular formula is C34H36F2N4O5S3. The number of anilines is 2. The number of benzene rings is 2. The van der Waals surface area contributed by atoms with Crippen molar-refractivity contribution in [3.05, 3.63) is 75.5 Å². The van der Waals surface area contributed by atoms with Crippen molar-refractivity contribution in [3.63, 3.8) is 0 Å². The van der Waals surface area contributed by atoms with Crippen LogP contribution >= 0.6 is 35.3 Å². The van der Waals surface area contributed by atoms with Gasteiger partial charge in [0.25, 0.3) is 5.91 Å². The number of ether oxygens (including phenoxy) is 2. The Bertz CT molecular complexity index is 1720. The molecule has 0 unspecified atom stereocenters. The molecule has 2 aromatic carbocycles. The summed E-state index contributed by atoms with van der Waals surface area (Å²) in [5.41, 5.74) is 1.45. The van der Waals surface area contributed by atoms with Crippen LogP contribution in [0.1, 0.15) is 42.4 Å². The van der Waals surface area contributed by atoms with Gasteiger partial charge < -0.3 is 20.1 Å². The number of carbonyl (C=O) groups is 3. The van der Waals surface area contributed by atoms with Crippen LogP contribution in [-0.4, -0.2) is 83.4 Å². The number of rotatable bonds is 11.